The number of rotatable bonds is 8. The number of likely N-dealkylation sites (N-methyl/N-ethyl adjacent to an activating group) is 1. The summed E-state index contributed by atoms with van der Waals surface area (Å²) in [4.78, 5) is 0.118. The summed E-state index contributed by atoms with van der Waals surface area (Å²) in [7, 11) is -2.04. The van der Waals surface area contributed by atoms with Crippen molar-refractivity contribution in [3.63, 3.8) is 0 Å². The van der Waals surface area contributed by atoms with Crippen molar-refractivity contribution >= 4 is 10.0 Å². The minimum absolute atomic E-state index is 0.0547. The molecule has 2 aromatic rings. The van der Waals surface area contributed by atoms with Crippen LogP contribution in [0.3, 0.4) is 0 Å². The minimum Gasteiger partial charge on any atom is -0.494 e. The van der Waals surface area contributed by atoms with Crippen LogP contribution in [0.5, 0.6) is 5.75 Å². The number of para-hydroxylation sites is 2. The van der Waals surface area contributed by atoms with Gasteiger partial charge in [-0.25, -0.2) is 17.8 Å². The summed E-state index contributed by atoms with van der Waals surface area (Å²) >= 11 is 0. The average Bonchev–Trinajstić information content (AvgIpc) is 3.04. The van der Waals surface area contributed by atoms with Crippen LogP contribution in [0.4, 0.5) is 0 Å². The zero-order chi connectivity index (χ0) is 16.9. The van der Waals surface area contributed by atoms with Crippen molar-refractivity contribution in [1.82, 2.24) is 19.8 Å². The fraction of sp³-hybridized carbons (Fsp3) is 0.400. The molecule has 0 aliphatic carbocycles. The van der Waals surface area contributed by atoms with Crippen molar-refractivity contribution in [2.24, 2.45) is 0 Å². The highest BCUT2D eigenvalue weighted by molar-refractivity contribution is 7.89. The first-order chi connectivity index (χ1) is 11.0. The molecule has 0 radical (unpaired) electrons. The summed E-state index contributed by atoms with van der Waals surface area (Å²) in [6.07, 6.45) is 2.80. The number of hydrogen-bond acceptors (Lipinski definition) is 5. The quantitative estimate of drug-likeness (QED) is 0.754. The Kier molecular flexibility index (Phi) is 5.75. The highest BCUT2D eigenvalue weighted by Gasteiger charge is 2.18. The lowest BCUT2D eigenvalue weighted by molar-refractivity contribution is 0.411. The van der Waals surface area contributed by atoms with E-state index in [1.807, 2.05) is 32.0 Å². The fourth-order valence-electron chi connectivity index (χ4n) is 2.13. The van der Waals surface area contributed by atoms with Crippen LogP contribution in [0, 0.1) is 0 Å². The van der Waals surface area contributed by atoms with Crippen LogP contribution in [0.25, 0.3) is 5.69 Å². The molecule has 126 valence electrons. The maximum Gasteiger partial charge on any atom is 0.243 e. The predicted molar refractivity (Wildman–Crippen MR) is 88.4 cm³/mol. The summed E-state index contributed by atoms with van der Waals surface area (Å²) in [5.74, 6) is 0.619. The number of hydrogen-bond donors (Lipinski definition) is 2. The van der Waals surface area contributed by atoms with Gasteiger partial charge in [-0.2, -0.15) is 5.10 Å². The van der Waals surface area contributed by atoms with Crippen LogP contribution >= 0.6 is 0 Å². The number of nitrogens with zero attached hydrogens (tertiary/aromatic N) is 2. The van der Waals surface area contributed by atoms with Gasteiger partial charge in [0.25, 0.3) is 0 Å². The van der Waals surface area contributed by atoms with E-state index < -0.39 is 10.0 Å². The number of methoxy groups -OCH3 is 1. The Morgan fingerprint density at radius 1 is 1.35 bits per heavy atom. The van der Waals surface area contributed by atoms with Gasteiger partial charge in [0.2, 0.25) is 10.0 Å². The molecule has 23 heavy (non-hydrogen) atoms. The first-order valence-electron chi connectivity index (χ1n) is 7.39. The molecule has 0 aliphatic rings. The van der Waals surface area contributed by atoms with Gasteiger partial charge in [-0.05, 0) is 25.6 Å². The molecule has 1 heterocycles. The molecular formula is C15H22N4O3S. The molecule has 8 heteroatoms. The van der Waals surface area contributed by atoms with Crippen LogP contribution in [-0.4, -0.2) is 44.4 Å². The molecule has 0 saturated heterocycles. The van der Waals surface area contributed by atoms with Gasteiger partial charge >= 0.3 is 0 Å². The van der Waals surface area contributed by atoms with Crippen LogP contribution < -0.4 is 14.8 Å². The third-order valence-corrected chi connectivity index (χ3v) is 4.71. The molecule has 0 unspecified atom stereocenters. The minimum atomic E-state index is -3.59. The number of nitrogens with one attached hydrogen (secondary N) is 2. The molecule has 0 amide bonds. The Morgan fingerprint density at radius 3 is 2.78 bits per heavy atom. The second-order valence-corrected chi connectivity index (χ2v) is 6.87. The van der Waals surface area contributed by atoms with E-state index in [2.05, 4.69) is 15.1 Å². The lowest BCUT2D eigenvalue weighted by Crippen LogP contribution is -2.38. The maximum atomic E-state index is 12.3. The lowest BCUT2D eigenvalue weighted by atomic mass is 10.3. The Labute approximate surface area is 136 Å². The summed E-state index contributed by atoms with van der Waals surface area (Å²) in [6.45, 7) is 5.00. The molecule has 2 N–H and O–H groups in total. The normalized spacial score (nSPS) is 13.0. The molecule has 1 aromatic heterocycles. The largest absolute Gasteiger partial charge is 0.494 e. The van der Waals surface area contributed by atoms with Crippen molar-refractivity contribution in [2.75, 3.05) is 20.2 Å². The Hall–Kier alpha value is -1.90. The van der Waals surface area contributed by atoms with Gasteiger partial charge in [0.1, 0.15) is 16.3 Å². The first-order valence-corrected chi connectivity index (χ1v) is 8.87. The zero-order valence-corrected chi connectivity index (χ0v) is 14.3. The fourth-order valence-corrected chi connectivity index (χ4v) is 3.20. The van der Waals surface area contributed by atoms with Gasteiger partial charge in [-0.15, -0.1) is 0 Å². The molecule has 0 spiro atoms. The predicted octanol–water partition coefficient (Wildman–Crippen LogP) is 1.16. The Morgan fingerprint density at radius 2 is 2.09 bits per heavy atom. The summed E-state index contributed by atoms with van der Waals surface area (Å²) < 4.78 is 34.0. The summed E-state index contributed by atoms with van der Waals surface area (Å²) in [5, 5.41) is 7.28. The van der Waals surface area contributed by atoms with E-state index in [9.17, 15) is 8.42 Å². The molecule has 1 atom stereocenters. The molecule has 2 rings (SSSR count). The van der Waals surface area contributed by atoms with Crippen LogP contribution in [0.15, 0.2) is 41.6 Å². The van der Waals surface area contributed by atoms with Crippen LogP contribution in [-0.2, 0) is 10.0 Å². The lowest BCUT2D eigenvalue weighted by Gasteiger charge is -2.12. The molecular weight excluding hydrogens is 316 g/mol. The zero-order valence-electron chi connectivity index (χ0n) is 13.5. The van der Waals surface area contributed by atoms with E-state index in [0.717, 1.165) is 6.54 Å². The monoisotopic (exact) mass is 338 g/mol. The molecule has 0 fully saturated rings. The summed E-state index contributed by atoms with van der Waals surface area (Å²) in [6, 6.07) is 7.33. The second kappa shape index (κ2) is 7.58. The highest BCUT2D eigenvalue weighted by Crippen LogP contribution is 2.22. The Bertz CT molecular complexity index is 743. The van der Waals surface area contributed by atoms with Crippen molar-refractivity contribution in [3.8, 4) is 11.4 Å². The van der Waals surface area contributed by atoms with E-state index in [1.165, 1.54) is 17.1 Å². The molecule has 1 aromatic carbocycles. The number of sulfonamides is 1. The van der Waals surface area contributed by atoms with Crippen LogP contribution in [0.2, 0.25) is 0 Å². The van der Waals surface area contributed by atoms with Gasteiger partial charge in [0, 0.05) is 12.6 Å². The topological polar surface area (TPSA) is 85.3 Å². The van der Waals surface area contributed by atoms with Crippen molar-refractivity contribution in [2.45, 2.75) is 24.8 Å². The maximum absolute atomic E-state index is 12.3. The van der Waals surface area contributed by atoms with Gasteiger partial charge in [-0.1, -0.05) is 19.1 Å². The standard InChI is InChI=1S/C15H22N4O3S/c1-4-16-12(2)9-18-23(20,21)13-10-17-19(11-13)14-7-5-6-8-15(14)22-3/h5-8,10-12,16,18H,4,9H2,1-3H3/t12-/m1/s1. The van der Waals surface area contributed by atoms with E-state index >= 15 is 0 Å². The third kappa shape index (κ3) is 4.31. The molecule has 0 aliphatic heterocycles. The average molecular weight is 338 g/mol. The van der Waals surface area contributed by atoms with Crippen LogP contribution in [0.1, 0.15) is 13.8 Å². The van der Waals surface area contributed by atoms with Crippen molar-refractivity contribution in [1.29, 1.82) is 0 Å². The van der Waals surface area contributed by atoms with Gasteiger partial charge in [0.15, 0.2) is 0 Å². The smallest absolute Gasteiger partial charge is 0.243 e. The van der Waals surface area contributed by atoms with Gasteiger partial charge in [0.05, 0.1) is 19.5 Å². The highest BCUT2D eigenvalue weighted by atomic mass is 32.2. The molecule has 0 saturated carbocycles. The van der Waals surface area contributed by atoms with E-state index in [-0.39, 0.29) is 10.9 Å². The van der Waals surface area contributed by atoms with E-state index in [4.69, 9.17) is 4.74 Å². The summed E-state index contributed by atoms with van der Waals surface area (Å²) in [5.41, 5.74) is 0.678. The van der Waals surface area contributed by atoms with Gasteiger partial charge in [-0.3, -0.25) is 0 Å². The van der Waals surface area contributed by atoms with E-state index in [0.29, 0.717) is 18.0 Å². The molecule has 7 nitrogen and oxygen atoms in total. The molecule has 0 bridgehead atoms. The number of benzene rings is 1. The second-order valence-electron chi connectivity index (χ2n) is 5.10. The van der Waals surface area contributed by atoms with E-state index in [1.54, 1.807) is 13.2 Å². The third-order valence-electron chi connectivity index (χ3n) is 3.33. The van der Waals surface area contributed by atoms with Crippen molar-refractivity contribution < 1.29 is 13.2 Å². The SMILES string of the molecule is CCN[C@H](C)CNS(=O)(=O)c1cnn(-c2ccccc2OC)c1. The van der Waals surface area contributed by atoms with Crippen molar-refractivity contribution in [3.05, 3.63) is 36.7 Å². The number of aromatic nitrogens is 2. The Balaban J connectivity index is 2.18. The van der Waals surface area contributed by atoms with Gasteiger partial charge < -0.3 is 10.1 Å². The first kappa shape index (κ1) is 17.5. The number of ether oxygens (including phenoxy) is 1.